The molecule has 0 spiro atoms. The fourth-order valence-corrected chi connectivity index (χ4v) is 2.40. The third-order valence-electron chi connectivity index (χ3n) is 3.98. The summed E-state index contributed by atoms with van der Waals surface area (Å²) in [5, 5.41) is 3.30. The quantitative estimate of drug-likeness (QED) is 0.862. The van der Waals surface area contributed by atoms with Crippen LogP contribution in [0.3, 0.4) is 0 Å². The molecule has 1 N–H and O–H groups in total. The Balaban J connectivity index is 2.18. The highest BCUT2D eigenvalue weighted by atomic mass is 15.1. The number of nitrogens with one attached hydrogen (secondary N) is 1. The van der Waals surface area contributed by atoms with E-state index in [1.54, 1.807) is 0 Å². The molecule has 1 unspecified atom stereocenters. The molecule has 2 aromatic rings. The van der Waals surface area contributed by atoms with Gasteiger partial charge in [-0.1, -0.05) is 36.4 Å². The van der Waals surface area contributed by atoms with Crippen molar-refractivity contribution in [2.75, 3.05) is 26.0 Å². The molecule has 0 heterocycles. The van der Waals surface area contributed by atoms with Gasteiger partial charge in [0.15, 0.2) is 0 Å². The van der Waals surface area contributed by atoms with Gasteiger partial charge in [-0.05, 0) is 55.6 Å². The SMILES string of the molecule is CNC(C)CCc1cccc(-c2cccc(N(C)C)c2)c1. The fraction of sp³-hybridized carbons (Fsp3) is 0.368. The number of benzene rings is 2. The van der Waals surface area contributed by atoms with Crippen molar-refractivity contribution in [2.45, 2.75) is 25.8 Å². The molecular weight excluding hydrogens is 256 g/mol. The highest BCUT2D eigenvalue weighted by Crippen LogP contribution is 2.25. The van der Waals surface area contributed by atoms with E-state index in [4.69, 9.17) is 0 Å². The van der Waals surface area contributed by atoms with Gasteiger partial charge < -0.3 is 10.2 Å². The Morgan fingerprint density at radius 1 is 1.00 bits per heavy atom. The minimum absolute atomic E-state index is 0.561. The fourth-order valence-electron chi connectivity index (χ4n) is 2.40. The summed E-state index contributed by atoms with van der Waals surface area (Å²) < 4.78 is 0. The number of aryl methyl sites for hydroxylation is 1. The van der Waals surface area contributed by atoms with Gasteiger partial charge in [0, 0.05) is 25.8 Å². The number of hydrogen-bond acceptors (Lipinski definition) is 2. The molecule has 1 atom stereocenters. The molecular formula is C19H26N2. The van der Waals surface area contributed by atoms with Gasteiger partial charge in [-0.15, -0.1) is 0 Å². The van der Waals surface area contributed by atoms with Gasteiger partial charge in [0.05, 0.1) is 0 Å². The number of hydrogen-bond donors (Lipinski definition) is 1. The van der Waals surface area contributed by atoms with Gasteiger partial charge in [-0.3, -0.25) is 0 Å². The van der Waals surface area contributed by atoms with Crippen molar-refractivity contribution in [1.29, 1.82) is 0 Å². The van der Waals surface area contributed by atoms with E-state index in [1.165, 1.54) is 22.4 Å². The van der Waals surface area contributed by atoms with E-state index < -0.39 is 0 Å². The van der Waals surface area contributed by atoms with Crippen LogP contribution in [-0.2, 0) is 6.42 Å². The van der Waals surface area contributed by atoms with Crippen molar-refractivity contribution in [3.05, 3.63) is 54.1 Å². The van der Waals surface area contributed by atoms with E-state index in [0.717, 1.165) is 12.8 Å². The second-order valence-corrected chi connectivity index (χ2v) is 5.87. The molecule has 0 fully saturated rings. The van der Waals surface area contributed by atoms with Crippen LogP contribution in [0.2, 0.25) is 0 Å². The van der Waals surface area contributed by atoms with E-state index in [9.17, 15) is 0 Å². The monoisotopic (exact) mass is 282 g/mol. The summed E-state index contributed by atoms with van der Waals surface area (Å²) in [7, 11) is 6.18. The highest BCUT2D eigenvalue weighted by molar-refractivity contribution is 5.68. The molecule has 112 valence electrons. The maximum absolute atomic E-state index is 3.30. The lowest BCUT2D eigenvalue weighted by Crippen LogP contribution is -2.21. The first kappa shape index (κ1) is 15.6. The summed E-state index contributed by atoms with van der Waals surface area (Å²) in [4.78, 5) is 2.14. The Kier molecular flexibility index (Phi) is 5.40. The Hall–Kier alpha value is -1.80. The second-order valence-electron chi connectivity index (χ2n) is 5.87. The molecule has 2 rings (SSSR count). The third kappa shape index (κ3) is 4.33. The van der Waals surface area contributed by atoms with E-state index in [1.807, 2.05) is 7.05 Å². The summed E-state index contributed by atoms with van der Waals surface area (Å²) >= 11 is 0. The zero-order valence-corrected chi connectivity index (χ0v) is 13.6. The van der Waals surface area contributed by atoms with Crippen LogP contribution in [0, 0.1) is 0 Å². The van der Waals surface area contributed by atoms with Crippen LogP contribution in [0.15, 0.2) is 48.5 Å². The van der Waals surface area contributed by atoms with Gasteiger partial charge in [0.25, 0.3) is 0 Å². The summed E-state index contributed by atoms with van der Waals surface area (Å²) in [5.74, 6) is 0. The van der Waals surface area contributed by atoms with Crippen molar-refractivity contribution in [1.82, 2.24) is 5.32 Å². The van der Waals surface area contributed by atoms with Crippen LogP contribution >= 0.6 is 0 Å². The first-order chi connectivity index (χ1) is 10.1. The molecule has 21 heavy (non-hydrogen) atoms. The zero-order chi connectivity index (χ0) is 15.2. The molecule has 2 heteroatoms. The third-order valence-corrected chi connectivity index (χ3v) is 3.98. The van der Waals surface area contributed by atoms with E-state index >= 15 is 0 Å². The summed E-state index contributed by atoms with van der Waals surface area (Å²) in [6.07, 6.45) is 2.28. The smallest absolute Gasteiger partial charge is 0.0367 e. The zero-order valence-electron chi connectivity index (χ0n) is 13.6. The van der Waals surface area contributed by atoms with Crippen molar-refractivity contribution >= 4 is 5.69 Å². The second kappa shape index (κ2) is 7.28. The normalized spacial score (nSPS) is 12.2. The Bertz CT molecular complexity index is 575. The molecule has 0 aliphatic heterocycles. The van der Waals surface area contributed by atoms with Crippen molar-refractivity contribution < 1.29 is 0 Å². The van der Waals surface area contributed by atoms with Crippen molar-refractivity contribution in [3.63, 3.8) is 0 Å². The molecule has 2 aromatic carbocycles. The van der Waals surface area contributed by atoms with E-state index in [2.05, 4.69) is 79.8 Å². The van der Waals surface area contributed by atoms with Crippen LogP contribution in [-0.4, -0.2) is 27.2 Å². The molecule has 0 saturated carbocycles. The Morgan fingerprint density at radius 3 is 2.33 bits per heavy atom. The molecule has 0 aromatic heterocycles. The standard InChI is InChI=1S/C19H26N2/c1-15(20-2)11-12-16-7-5-8-17(13-16)18-9-6-10-19(14-18)21(3)4/h5-10,13-15,20H,11-12H2,1-4H3. The van der Waals surface area contributed by atoms with Crippen LogP contribution in [0.1, 0.15) is 18.9 Å². The predicted molar refractivity (Wildman–Crippen MR) is 93.0 cm³/mol. The molecule has 0 bridgehead atoms. The lowest BCUT2D eigenvalue weighted by Gasteiger charge is -2.14. The lowest BCUT2D eigenvalue weighted by molar-refractivity contribution is 0.565. The topological polar surface area (TPSA) is 15.3 Å². The largest absolute Gasteiger partial charge is 0.378 e. The van der Waals surface area contributed by atoms with Crippen LogP contribution in [0.25, 0.3) is 11.1 Å². The Labute approximate surface area is 128 Å². The average Bonchev–Trinajstić information content (AvgIpc) is 2.53. The average molecular weight is 282 g/mol. The van der Waals surface area contributed by atoms with Crippen LogP contribution < -0.4 is 10.2 Å². The predicted octanol–water partition coefficient (Wildman–Crippen LogP) is 3.96. The first-order valence-corrected chi connectivity index (χ1v) is 7.64. The van der Waals surface area contributed by atoms with Crippen LogP contribution in [0.4, 0.5) is 5.69 Å². The number of nitrogens with zero attached hydrogens (tertiary/aromatic N) is 1. The van der Waals surface area contributed by atoms with Crippen molar-refractivity contribution in [3.8, 4) is 11.1 Å². The van der Waals surface area contributed by atoms with E-state index in [-0.39, 0.29) is 0 Å². The lowest BCUT2D eigenvalue weighted by atomic mass is 9.99. The first-order valence-electron chi connectivity index (χ1n) is 7.64. The van der Waals surface area contributed by atoms with Crippen molar-refractivity contribution in [2.24, 2.45) is 0 Å². The molecule has 0 radical (unpaired) electrons. The summed E-state index contributed by atoms with van der Waals surface area (Å²) in [5.41, 5.74) is 5.23. The molecule has 0 aliphatic carbocycles. The van der Waals surface area contributed by atoms with Gasteiger partial charge in [-0.2, -0.15) is 0 Å². The number of rotatable bonds is 6. The molecule has 2 nitrogen and oxygen atoms in total. The minimum Gasteiger partial charge on any atom is -0.378 e. The van der Waals surface area contributed by atoms with Crippen LogP contribution in [0.5, 0.6) is 0 Å². The molecule has 0 aliphatic rings. The molecule has 0 saturated heterocycles. The number of anilines is 1. The Morgan fingerprint density at radius 2 is 1.67 bits per heavy atom. The van der Waals surface area contributed by atoms with Gasteiger partial charge in [0.2, 0.25) is 0 Å². The van der Waals surface area contributed by atoms with Gasteiger partial charge in [0.1, 0.15) is 0 Å². The minimum atomic E-state index is 0.561. The highest BCUT2D eigenvalue weighted by Gasteiger charge is 2.04. The summed E-state index contributed by atoms with van der Waals surface area (Å²) in [6, 6.07) is 18.2. The van der Waals surface area contributed by atoms with E-state index in [0.29, 0.717) is 6.04 Å². The maximum atomic E-state index is 3.30. The van der Waals surface area contributed by atoms with Gasteiger partial charge >= 0.3 is 0 Å². The maximum Gasteiger partial charge on any atom is 0.0367 e. The summed E-state index contributed by atoms with van der Waals surface area (Å²) in [6.45, 7) is 2.23. The van der Waals surface area contributed by atoms with Gasteiger partial charge in [-0.25, -0.2) is 0 Å². The molecule has 0 amide bonds.